The third-order valence-electron chi connectivity index (χ3n) is 2.61. The maximum atomic E-state index is 4.26. The summed E-state index contributed by atoms with van der Waals surface area (Å²) >= 11 is 1.62. The van der Waals surface area contributed by atoms with E-state index in [9.17, 15) is 0 Å². The molecule has 92 valence electrons. The Kier molecular flexibility index (Phi) is 3.14. The molecule has 0 amide bonds. The second-order valence-corrected chi connectivity index (χ2v) is 4.72. The van der Waals surface area contributed by atoms with E-state index in [0.717, 1.165) is 41.2 Å². The number of nitrogens with zero attached hydrogens (tertiary/aromatic N) is 4. The van der Waals surface area contributed by atoms with E-state index in [4.69, 9.17) is 0 Å². The third-order valence-corrected chi connectivity index (χ3v) is 3.43. The highest BCUT2D eigenvalue weighted by Crippen LogP contribution is 2.23. The summed E-state index contributed by atoms with van der Waals surface area (Å²) in [4.78, 5) is 13.6. The van der Waals surface area contributed by atoms with Gasteiger partial charge in [0.2, 0.25) is 0 Å². The maximum absolute atomic E-state index is 4.26. The van der Waals surface area contributed by atoms with E-state index in [1.807, 2.05) is 11.4 Å². The minimum absolute atomic E-state index is 0.850. The van der Waals surface area contributed by atoms with Crippen LogP contribution in [0.4, 0.5) is 5.82 Å². The number of hydrogen-bond donors (Lipinski definition) is 2. The first-order valence-electron chi connectivity index (χ1n) is 5.70. The number of H-pyrrole nitrogens is 1. The normalized spacial score (nSPS) is 10.9. The highest BCUT2D eigenvalue weighted by Gasteiger charge is 2.03. The molecule has 0 spiro atoms. The number of fused-ring (bicyclic) bond motifs is 1. The van der Waals surface area contributed by atoms with E-state index in [1.54, 1.807) is 17.7 Å². The lowest BCUT2D eigenvalue weighted by molar-refractivity contribution is 0.804. The summed E-state index contributed by atoms with van der Waals surface area (Å²) in [6, 6.07) is 2.04. The predicted molar refractivity (Wildman–Crippen MR) is 70.6 cm³/mol. The SMILES string of the molecule is c1n[nH]c(CCCNc2ncnc3sccc23)n1. The van der Waals surface area contributed by atoms with Crippen LogP contribution in [0.15, 0.2) is 24.1 Å². The molecule has 0 saturated heterocycles. The predicted octanol–water partition coefficient (Wildman–Crippen LogP) is 1.85. The van der Waals surface area contributed by atoms with Crippen LogP contribution in [-0.4, -0.2) is 31.7 Å². The second-order valence-electron chi connectivity index (χ2n) is 3.82. The molecule has 0 atom stereocenters. The molecule has 0 saturated carbocycles. The van der Waals surface area contributed by atoms with Crippen LogP contribution in [0, 0.1) is 0 Å². The fourth-order valence-corrected chi connectivity index (χ4v) is 2.48. The molecule has 6 nitrogen and oxygen atoms in total. The van der Waals surface area contributed by atoms with Crippen LogP contribution in [0.5, 0.6) is 0 Å². The molecule has 0 bridgehead atoms. The van der Waals surface area contributed by atoms with Crippen molar-refractivity contribution in [3.63, 3.8) is 0 Å². The fourth-order valence-electron chi connectivity index (χ4n) is 1.74. The average Bonchev–Trinajstić information content (AvgIpc) is 3.05. The third kappa shape index (κ3) is 2.30. The summed E-state index contributed by atoms with van der Waals surface area (Å²) in [6.45, 7) is 0.850. The van der Waals surface area contributed by atoms with Crippen molar-refractivity contribution in [1.29, 1.82) is 0 Å². The molecule has 0 aliphatic rings. The Bertz CT molecular complexity index is 617. The van der Waals surface area contributed by atoms with Gasteiger partial charge in [-0.3, -0.25) is 5.10 Å². The maximum Gasteiger partial charge on any atom is 0.138 e. The minimum Gasteiger partial charge on any atom is -0.369 e. The summed E-state index contributed by atoms with van der Waals surface area (Å²) in [5, 5.41) is 13.1. The molecule has 0 fully saturated rings. The van der Waals surface area contributed by atoms with Gasteiger partial charge in [-0.1, -0.05) is 0 Å². The largest absolute Gasteiger partial charge is 0.369 e. The van der Waals surface area contributed by atoms with E-state index < -0.39 is 0 Å². The summed E-state index contributed by atoms with van der Waals surface area (Å²) in [5.74, 6) is 1.82. The number of nitrogens with one attached hydrogen (secondary N) is 2. The van der Waals surface area contributed by atoms with E-state index in [2.05, 4.69) is 30.5 Å². The number of aromatic amines is 1. The topological polar surface area (TPSA) is 79.4 Å². The van der Waals surface area contributed by atoms with E-state index in [1.165, 1.54) is 6.33 Å². The highest BCUT2D eigenvalue weighted by molar-refractivity contribution is 7.16. The van der Waals surface area contributed by atoms with Gasteiger partial charge < -0.3 is 5.32 Å². The lowest BCUT2D eigenvalue weighted by Gasteiger charge is -2.05. The summed E-state index contributed by atoms with van der Waals surface area (Å²) in [5.41, 5.74) is 0. The lowest BCUT2D eigenvalue weighted by atomic mass is 10.3. The molecule has 0 unspecified atom stereocenters. The standard InChI is InChI=1S/C11H12N6S/c1(2-9-13-7-16-17-9)4-12-10-8-3-5-18-11(8)15-6-14-10/h3,5-7H,1-2,4H2,(H,12,14,15)(H,13,16,17). The molecule has 0 radical (unpaired) electrons. The lowest BCUT2D eigenvalue weighted by Crippen LogP contribution is -2.05. The highest BCUT2D eigenvalue weighted by atomic mass is 32.1. The van der Waals surface area contributed by atoms with Crippen LogP contribution in [0.25, 0.3) is 10.2 Å². The van der Waals surface area contributed by atoms with Gasteiger partial charge in [0.1, 0.15) is 29.1 Å². The molecule has 3 heterocycles. The molecule has 18 heavy (non-hydrogen) atoms. The van der Waals surface area contributed by atoms with Gasteiger partial charge in [0.25, 0.3) is 0 Å². The Morgan fingerprint density at radius 1 is 1.22 bits per heavy atom. The number of hydrogen-bond acceptors (Lipinski definition) is 6. The Labute approximate surface area is 108 Å². The molecule has 3 rings (SSSR count). The number of anilines is 1. The zero-order valence-corrected chi connectivity index (χ0v) is 10.4. The number of thiophene rings is 1. The Balaban J connectivity index is 1.58. The Morgan fingerprint density at radius 3 is 3.11 bits per heavy atom. The van der Waals surface area contributed by atoms with Crippen molar-refractivity contribution in [1.82, 2.24) is 25.1 Å². The molecule has 7 heteroatoms. The molecule has 2 N–H and O–H groups in total. The fraction of sp³-hybridized carbons (Fsp3) is 0.273. The quantitative estimate of drug-likeness (QED) is 0.684. The van der Waals surface area contributed by atoms with Gasteiger partial charge in [-0.2, -0.15) is 5.10 Å². The summed E-state index contributed by atoms with van der Waals surface area (Å²) in [7, 11) is 0. The molecule has 3 aromatic heterocycles. The first kappa shape index (κ1) is 11.1. The van der Waals surface area contributed by atoms with Crippen molar-refractivity contribution < 1.29 is 0 Å². The van der Waals surface area contributed by atoms with Gasteiger partial charge >= 0.3 is 0 Å². The van der Waals surface area contributed by atoms with Crippen molar-refractivity contribution in [3.8, 4) is 0 Å². The van der Waals surface area contributed by atoms with Crippen LogP contribution in [0.1, 0.15) is 12.2 Å². The average molecular weight is 260 g/mol. The summed E-state index contributed by atoms with van der Waals surface area (Å²) in [6.07, 6.45) is 4.98. The second kappa shape index (κ2) is 5.09. The van der Waals surface area contributed by atoms with Crippen molar-refractivity contribution in [2.24, 2.45) is 0 Å². The van der Waals surface area contributed by atoms with Crippen LogP contribution < -0.4 is 5.32 Å². The van der Waals surface area contributed by atoms with E-state index >= 15 is 0 Å². The van der Waals surface area contributed by atoms with Gasteiger partial charge in [0.15, 0.2) is 0 Å². The van der Waals surface area contributed by atoms with Gasteiger partial charge in [0, 0.05) is 13.0 Å². The van der Waals surface area contributed by atoms with Crippen LogP contribution in [0.2, 0.25) is 0 Å². The number of aryl methyl sites for hydroxylation is 1. The van der Waals surface area contributed by atoms with E-state index in [-0.39, 0.29) is 0 Å². The smallest absolute Gasteiger partial charge is 0.138 e. The van der Waals surface area contributed by atoms with Gasteiger partial charge in [0.05, 0.1) is 5.39 Å². The van der Waals surface area contributed by atoms with Gasteiger partial charge in [-0.25, -0.2) is 15.0 Å². The van der Waals surface area contributed by atoms with Gasteiger partial charge in [-0.05, 0) is 17.9 Å². The van der Waals surface area contributed by atoms with Crippen LogP contribution in [-0.2, 0) is 6.42 Å². The Hall–Kier alpha value is -2.02. The number of aromatic nitrogens is 5. The molecular formula is C11H12N6S. The first-order chi connectivity index (χ1) is 8.93. The van der Waals surface area contributed by atoms with Crippen LogP contribution >= 0.6 is 11.3 Å². The Morgan fingerprint density at radius 2 is 2.22 bits per heavy atom. The monoisotopic (exact) mass is 260 g/mol. The van der Waals surface area contributed by atoms with Crippen molar-refractivity contribution in [2.75, 3.05) is 11.9 Å². The molecule has 0 aromatic carbocycles. The number of rotatable bonds is 5. The van der Waals surface area contributed by atoms with Crippen molar-refractivity contribution in [3.05, 3.63) is 29.9 Å². The minimum atomic E-state index is 0.850. The first-order valence-corrected chi connectivity index (χ1v) is 6.58. The zero-order valence-electron chi connectivity index (χ0n) is 9.63. The zero-order chi connectivity index (χ0) is 12.2. The molecule has 3 aromatic rings. The van der Waals surface area contributed by atoms with E-state index in [0.29, 0.717) is 0 Å². The van der Waals surface area contributed by atoms with Crippen molar-refractivity contribution in [2.45, 2.75) is 12.8 Å². The molecule has 0 aliphatic carbocycles. The summed E-state index contributed by atoms with van der Waals surface area (Å²) < 4.78 is 0. The van der Waals surface area contributed by atoms with Crippen molar-refractivity contribution >= 4 is 27.4 Å². The van der Waals surface area contributed by atoms with Gasteiger partial charge in [-0.15, -0.1) is 11.3 Å². The van der Waals surface area contributed by atoms with Crippen LogP contribution in [0.3, 0.4) is 0 Å². The molecule has 0 aliphatic heterocycles. The molecular weight excluding hydrogens is 248 g/mol.